The Hall–Kier alpha value is -2.71. The Kier molecular flexibility index (Phi) is 6.58. The monoisotopic (exact) mass is 437 g/mol. The number of para-hydroxylation sites is 1. The first kappa shape index (κ1) is 22.0. The number of rotatable bonds is 5. The number of amides is 1. The number of nitrogens with one attached hydrogen (secondary N) is 1. The molecule has 0 spiro atoms. The van der Waals surface area contributed by atoms with Gasteiger partial charge in [-0.15, -0.1) is 0 Å². The average molecular weight is 438 g/mol. The SMILES string of the molecule is N=C(CC(=Nc1ccccc1Cl)c1ccc(C(=O)N2CC[C@@H](O)C2)cc1)C(F)(F)F. The second kappa shape index (κ2) is 8.97. The number of aliphatic hydroxyl groups excluding tert-OH is 1. The number of β-amino-alcohol motifs (C(OH)–C–C–N with tert-alkyl or cyclic N) is 1. The molecular weight excluding hydrogens is 419 g/mol. The molecule has 1 atom stereocenters. The molecule has 1 aliphatic rings. The lowest BCUT2D eigenvalue weighted by molar-refractivity contribution is -0.0605. The van der Waals surface area contributed by atoms with Gasteiger partial charge in [-0.3, -0.25) is 9.79 Å². The molecule has 0 bridgehead atoms. The van der Waals surface area contributed by atoms with Gasteiger partial charge in [0.15, 0.2) is 0 Å². The summed E-state index contributed by atoms with van der Waals surface area (Å²) < 4.78 is 38.8. The van der Waals surface area contributed by atoms with Crippen LogP contribution in [0.4, 0.5) is 18.9 Å². The summed E-state index contributed by atoms with van der Waals surface area (Å²) in [5.74, 6) is -0.259. The van der Waals surface area contributed by atoms with Gasteiger partial charge in [0.2, 0.25) is 0 Å². The van der Waals surface area contributed by atoms with Crippen molar-refractivity contribution in [2.75, 3.05) is 13.1 Å². The van der Waals surface area contributed by atoms with Crippen LogP contribution in [0, 0.1) is 5.41 Å². The van der Waals surface area contributed by atoms with Crippen molar-refractivity contribution in [2.45, 2.75) is 25.1 Å². The Morgan fingerprint density at radius 3 is 2.37 bits per heavy atom. The summed E-state index contributed by atoms with van der Waals surface area (Å²) in [4.78, 5) is 18.3. The van der Waals surface area contributed by atoms with Gasteiger partial charge in [0.25, 0.3) is 5.91 Å². The van der Waals surface area contributed by atoms with Gasteiger partial charge in [-0.25, -0.2) is 0 Å². The van der Waals surface area contributed by atoms with Crippen molar-refractivity contribution in [3.05, 3.63) is 64.7 Å². The predicted molar refractivity (Wildman–Crippen MR) is 109 cm³/mol. The Labute approximate surface area is 176 Å². The number of aliphatic hydroxyl groups is 1. The fourth-order valence-electron chi connectivity index (χ4n) is 3.08. The van der Waals surface area contributed by atoms with Crippen LogP contribution in [0.3, 0.4) is 0 Å². The van der Waals surface area contributed by atoms with Gasteiger partial charge in [0.05, 0.1) is 22.5 Å². The minimum atomic E-state index is -4.77. The van der Waals surface area contributed by atoms with Gasteiger partial charge in [-0.1, -0.05) is 35.9 Å². The van der Waals surface area contributed by atoms with E-state index in [1.807, 2.05) is 0 Å². The first-order valence-electron chi connectivity index (χ1n) is 9.19. The van der Waals surface area contributed by atoms with Crippen molar-refractivity contribution in [3.63, 3.8) is 0 Å². The van der Waals surface area contributed by atoms with Crippen LogP contribution in [0.2, 0.25) is 5.02 Å². The van der Waals surface area contributed by atoms with E-state index >= 15 is 0 Å². The van der Waals surface area contributed by atoms with Gasteiger partial charge >= 0.3 is 6.18 Å². The van der Waals surface area contributed by atoms with Crippen molar-refractivity contribution in [1.82, 2.24) is 4.90 Å². The Morgan fingerprint density at radius 1 is 1.17 bits per heavy atom. The van der Waals surface area contributed by atoms with Crippen molar-refractivity contribution >= 4 is 34.6 Å². The van der Waals surface area contributed by atoms with E-state index in [0.29, 0.717) is 24.1 Å². The smallest absolute Gasteiger partial charge is 0.391 e. The molecule has 1 aliphatic heterocycles. The molecule has 1 amide bonds. The largest absolute Gasteiger partial charge is 0.429 e. The number of carbonyl (C=O) groups is 1. The second-order valence-corrected chi connectivity index (χ2v) is 7.34. The van der Waals surface area contributed by atoms with Crippen LogP contribution in [0.5, 0.6) is 0 Å². The van der Waals surface area contributed by atoms with Crippen molar-refractivity contribution in [3.8, 4) is 0 Å². The molecule has 2 N–H and O–H groups in total. The zero-order chi connectivity index (χ0) is 21.9. The average Bonchev–Trinajstić information content (AvgIpc) is 3.14. The third-order valence-corrected chi connectivity index (χ3v) is 5.03. The molecule has 0 radical (unpaired) electrons. The lowest BCUT2D eigenvalue weighted by Gasteiger charge is -2.16. The standard InChI is InChI=1S/C21H19ClF3N3O2/c22-16-3-1-2-4-17(16)27-18(11-19(26)21(23,24)25)13-5-7-14(8-6-13)20(30)28-10-9-15(29)12-28/h1-8,15,26,29H,9-12H2/t15-/m1/s1. The van der Waals surface area contributed by atoms with E-state index in [4.69, 9.17) is 17.0 Å². The molecule has 0 aliphatic carbocycles. The molecule has 0 saturated carbocycles. The molecule has 30 heavy (non-hydrogen) atoms. The number of hydrogen-bond acceptors (Lipinski definition) is 4. The minimum absolute atomic E-state index is 0.0148. The van der Waals surface area contributed by atoms with Crippen LogP contribution in [-0.4, -0.2) is 52.7 Å². The fourth-order valence-corrected chi connectivity index (χ4v) is 3.25. The third kappa shape index (κ3) is 5.25. The van der Waals surface area contributed by atoms with Gasteiger partial charge < -0.3 is 15.4 Å². The lowest BCUT2D eigenvalue weighted by Crippen LogP contribution is -2.29. The highest BCUT2D eigenvalue weighted by Gasteiger charge is 2.35. The molecule has 1 fully saturated rings. The summed E-state index contributed by atoms with van der Waals surface area (Å²) in [7, 11) is 0. The summed E-state index contributed by atoms with van der Waals surface area (Å²) in [5, 5.41) is 17.2. The number of nitrogens with zero attached hydrogens (tertiary/aromatic N) is 2. The predicted octanol–water partition coefficient (Wildman–Crippen LogP) is 4.64. The van der Waals surface area contributed by atoms with Gasteiger partial charge in [-0.05, 0) is 36.2 Å². The summed E-state index contributed by atoms with van der Waals surface area (Å²) in [6, 6.07) is 12.5. The maximum Gasteiger partial charge on any atom is 0.429 e. The summed E-state index contributed by atoms with van der Waals surface area (Å²) in [6.07, 6.45) is -5.54. The van der Waals surface area contributed by atoms with E-state index in [1.165, 1.54) is 29.2 Å². The molecule has 5 nitrogen and oxygen atoms in total. The quantitative estimate of drug-likeness (QED) is 0.668. The number of benzene rings is 2. The van der Waals surface area contributed by atoms with Crippen molar-refractivity contribution in [1.29, 1.82) is 5.41 Å². The first-order valence-corrected chi connectivity index (χ1v) is 9.57. The van der Waals surface area contributed by atoms with Crippen molar-refractivity contribution < 1.29 is 23.1 Å². The molecule has 158 valence electrons. The van der Waals surface area contributed by atoms with E-state index in [9.17, 15) is 23.1 Å². The molecule has 2 aromatic rings. The van der Waals surface area contributed by atoms with Crippen LogP contribution in [0.15, 0.2) is 53.5 Å². The highest BCUT2D eigenvalue weighted by atomic mass is 35.5. The zero-order valence-electron chi connectivity index (χ0n) is 15.8. The number of hydrogen-bond donors (Lipinski definition) is 2. The van der Waals surface area contributed by atoms with Crippen LogP contribution >= 0.6 is 11.6 Å². The molecule has 2 aromatic carbocycles. The van der Waals surface area contributed by atoms with E-state index < -0.39 is 24.4 Å². The van der Waals surface area contributed by atoms with E-state index in [1.54, 1.807) is 24.3 Å². The normalized spacial score (nSPS) is 17.3. The number of halogens is 4. The molecule has 0 unspecified atom stereocenters. The first-order chi connectivity index (χ1) is 14.1. The Balaban J connectivity index is 1.90. The highest BCUT2D eigenvalue weighted by Crippen LogP contribution is 2.27. The molecule has 0 aromatic heterocycles. The molecular formula is C21H19ClF3N3O2. The van der Waals surface area contributed by atoms with Gasteiger partial charge in [0, 0.05) is 25.1 Å². The van der Waals surface area contributed by atoms with Crippen LogP contribution in [0.1, 0.15) is 28.8 Å². The summed E-state index contributed by atoms with van der Waals surface area (Å²) in [5.41, 5.74) is -0.423. The zero-order valence-corrected chi connectivity index (χ0v) is 16.5. The number of carbonyl (C=O) groups excluding carboxylic acids is 1. The van der Waals surface area contributed by atoms with E-state index in [-0.39, 0.29) is 28.9 Å². The van der Waals surface area contributed by atoms with Crippen LogP contribution < -0.4 is 0 Å². The Morgan fingerprint density at radius 2 is 1.80 bits per heavy atom. The van der Waals surface area contributed by atoms with Gasteiger partial charge in [-0.2, -0.15) is 13.2 Å². The van der Waals surface area contributed by atoms with Crippen LogP contribution in [-0.2, 0) is 0 Å². The van der Waals surface area contributed by atoms with Crippen LogP contribution in [0.25, 0.3) is 0 Å². The second-order valence-electron chi connectivity index (χ2n) is 6.93. The lowest BCUT2D eigenvalue weighted by atomic mass is 10.0. The molecule has 9 heteroatoms. The summed E-state index contributed by atoms with van der Waals surface area (Å²) >= 11 is 6.08. The number of aliphatic imine (C=N–C) groups is 1. The van der Waals surface area contributed by atoms with Crippen molar-refractivity contribution in [2.24, 2.45) is 4.99 Å². The van der Waals surface area contributed by atoms with E-state index in [2.05, 4.69) is 4.99 Å². The topological polar surface area (TPSA) is 76.8 Å². The van der Waals surface area contributed by atoms with Gasteiger partial charge in [0.1, 0.15) is 5.71 Å². The molecule has 3 rings (SSSR count). The maximum absolute atomic E-state index is 12.9. The maximum atomic E-state index is 12.9. The fraction of sp³-hybridized carbons (Fsp3) is 0.286. The highest BCUT2D eigenvalue weighted by molar-refractivity contribution is 6.33. The third-order valence-electron chi connectivity index (χ3n) is 4.71. The Bertz CT molecular complexity index is 974. The van der Waals surface area contributed by atoms with E-state index in [0.717, 1.165) is 0 Å². The minimum Gasteiger partial charge on any atom is -0.391 e. The molecule has 1 heterocycles. The number of alkyl halides is 3. The molecule has 1 saturated heterocycles. The number of likely N-dealkylation sites (tertiary alicyclic amines) is 1. The summed E-state index contributed by atoms with van der Waals surface area (Å²) in [6.45, 7) is 0.701.